The Kier molecular flexibility index (Phi) is 2.86. The van der Waals surface area contributed by atoms with E-state index in [0.717, 1.165) is 0 Å². The normalized spacial score (nSPS) is 12.5. The highest BCUT2D eigenvalue weighted by Gasteiger charge is 1.99. The Morgan fingerprint density at radius 2 is 2.45 bits per heavy atom. The third-order valence-electron chi connectivity index (χ3n) is 1.06. The monoisotopic (exact) mass is 155 g/mol. The maximum Gasteiger partial charge on any atom is 0.230 e. The Hall–Kier alpha value is -1.09. The molecule has 0 amide bonds. The lowest BCUT2D eigenvalue weighted by Gasteiger charge is -2.04. The van der Waals surface area contributed by atoms with E-state index < -0.39 is 6.36 Å². The van der Waals surface area contributed by atoms with Crippen molar-refractivity contribution in [1.82, 2.24) is 0 Å². The van der Waals surface area contributed by atoms with Crippen molar-refractivity contribution >= 4 is 0 Å². The van der Waals surface area contributed by atoms with Gasteiger partial charge < -0.3 is 9.84 Å². The molecule has 0 bridgehead atoms. The van der Waals surface area contributed by atoms with Crippen LogP contribution in [0.2, 0.25) is 0 Å². The summed E-state index contributed by atoms with van der Waals surface area (Å²) < 4.78 is 16.6. The van der Waals surface area contributed by atoms with Crippen LogP contribution in [0.5, 0.6) is 5.75 Å². The smallest absolute Gasteiger partial charge is 0.230 e. The Bertz CT molecular complexity index is 199. The molecule has 0 aromatic heterocycles. The zero-order valence-corrected chi connectivity index (χ0v) is 5.83. The molecule has 11 heavy (non-hydrogen) atoms. The molecule has 0 spiro atoms. The number of halogens is 1. The molecule has 1 aromatic rings. The second-order valence-corrected chi connectivity index (χ2v) is 1.97. The molecule has 1 rings (SSSR count). The number of aliphatic hydroxyl groups excluding tert-OH is 1. The Morgan fingerprint density at radius 3 is 3.00 bits per heavy atom. The Labute approximate surface area is 64.2 Å². The van der Waals surface area contributed by atoms with Crippen molar-refractivity contribution in [3.63, 3.8) is 0 Å². The number of ether oxygens (including phenoxy) is 1. The van der Waals surface area contributed by atoms with Gasteiger partial charge in [0.2, 0.25) is 6.36 Å². The van der Waals surface area contributed by atoms with Gasteiger partial charge >= 0.3 is 0 Å². The van der Waals surface area contributed by atoms with Crippen LogP contribution in [-0.2, 0) is 0 Å². The molecule has 1 radical (unpaired) electrons. The van der Waals surface area contributed by atoms with E-state index in [4.69, 9.17) is 9.84 Å². The third-order valence-corrected chi connectivity index (χ3v) is 1.06. The standard InChI is InChI=1S/C8H8FO2/c9-8(10)6-11-7-4-2-1-3-5-7/h1-4,8,10H,6H2. The van der Waals surface area contributed by atoms with E-state index in [9.17, 15) is 4.39 Å². The molecule has 1 atom stereocenters. The highest BCUT2D eigenvalue weighted by atomic mass is 19.1. The fourth-order valence-electron chi connectivity index (χ4n) is 0.625. The van der Waals surface area contributed by atoms with E-state index in [1.807, 2.05) is 0 Å². The Morgan fingerprint density at radius 1 is 1.64 bits per heavy atom. The third kappa shape index (κ3) is 3.00. The van der Waals surface area contributed by atoms with Crippen LogP contribution in [0.1, 0.15) is 0 Å². The van der Waals surface area contributed by atoms with Crippen LogP contribution < -0.4 is 4.74 Å². The van der Waals surface area contributed by atoms with Crippen molar-refractivity contribution in [2.24, 2.45) is 0 Å². The van der Waals surface area contributed by atoms with Crippen LogP contribution in [0.15, 0.2) is 24.3 Å². The molecular weight excluding hydrogens is 147 g/mol. The number of hydrogen-bond donors (Lipinski definition) is 1. The molecule has 0 fully saturated rings. The van der Waals surface area contributed by atoms with Gasteiger partial charge in [-0.1, -0.05) is 18.2 Å². The first-order valence-corrected chi connectivity index (χ1v) is 3.20. The largest absolute Gasteiger partial charge is 0.487 e. The zero-order chi connectivity index (χ0) is 8.10. The summed E-state index contributed by atoms with van der Waals surface area (Å²) in [6.45, 7) is -0.347. The summed E-state index contributed by atoms with van der Waals surface area (Å²) in [5, 5.41) is 8.21. The molecule has 0 heterocycles. The van der Waals surface area contributed by atoms with Crippen LogP contribution in [0.25, 0.3) is 0 Å². The number of para-hydroxylation sites is 1. The molecular formula is C8H8FO2. The molecule has 0 aliphatic heterocycles. The summed E-state index contributed by atoms with van der Waals surface area (Å²) in [5.41, 5.74) is 0. The van der Waals surface area contributed by atoms with E-state index in [-0.39, 0.29) is 6.61 Å². The number of aliphatic hydroxyl groups is 1. The first-order chi connectivity index (χ1) is 5.29. The lowest BCUT2D eigenvalue weighted by molar-refractivity contribution is 0.00105. The molecule has 1 aromatic carbocycles. The minimum absolute atomic E-state index is 0.347. The number of hydrogen-bond acceptors (Lipinski definition) is 2. The average molecular weight is 155 g/mol. The molecule has 3 heteroatoms. The summed E-state index contributed by atoms with van der Waals surface area (Å²) in [4.78, 5) is 0. The van der Waals surface area contributed by atoms with Crippen molar-refractivity contribution in [2.45, 2.75) is 6.36 Å². The summed E-state index contributed by atoms with van der Waals surface area (Å²) in [5.74, 6) is 0.434. The highest BCUT2D eigenvalue weighted by molar-refractivity contribution is 5.19. The fraction of sp³-hybridized carbons (Fsp3) is 0.250. The van der Waals surface area contributed by atoms with Gasteiger partial charge in [0.1, 0.15) is 12.4 Å². The SMILES string of the molecule is OC(F)COc1[c]cccc1. The molecule has 1 unspecified atom stereocenters. The van der Waals surface area contributed by atoms with Gasteiger partial charge in [0, 0.05) is 6.07 Å². The van der Waals surface area contributed by atoms with Crippen molar-refractivity contribution in [3.8, 4) is 5.75 Å². The van der Waals surface area contributed by atoms with Crippen LogP contribution in [0.3, 0.4) is 0 Å². The van der Waals surface area contributed by atoms with Gasteiger partial charge in [-0.05, 0) is 6.07 Å². The lowest BCUT2D eigenvalue weighted by atomic mass is 10.3. The molecule has 2 nitrogen and oxygen atoms in total. The minimum Gasteiger partial charge on any atom is -0.487 e. The molecule has 0 aliphatic carbocycles. The van der Waals surface area contributed by atoms with Crippen LogP contribution in [-0.4, -0.2) is 18.1 Å². The fourth-order valence-corrected chi connectivity index (χ4v) is 0.625. The topological polar surface area (TPSA) is 29.5 Å². The minimum atomic E-state index is -1.93. The molecule has 1 N–H and O–H groups in total. The van der Waals surface area contributed by atoms with Crippen LogP contribution in [0, 0.1) is 6.07 Å². The maximum absolute atomic E-state index is 11.8. The maximum atomic E-state index is 11.8. The summed E-state index contributed by atoms with van der Waals surface area (Å²) in [7, 11) is 0. The van der Waals surface area contributed by atoms with Crippen LogP contribution >= 0.6 is 0 Å². The van der Waals surface area contributed by atoms with E-state index >= 15 is 0 Å². The van der Waals surface area contributed by atoms with E-state index in [0.29, 0.717) is 5.75 Å². The zero-order valence-electron chi connectivity index (χ0n) is 5.83. The second-order valence-electron chi connectivity index (χ2n) is 1.97. The first-order valence-electron chi connectivity index (χ1n) is 3.20. The van der Waals surface area contributed by atoms with Gasteiger partial charge in [-0.15, -0.1) is 0 Å². The molecule has 59 valence electrons. The van der Waals surface area contributed by atoms with Gasteiger partial charge in [0.15, 0.2) is 0 Å². The predicted octanol–water partition coefficient (Wildman–Crippen LogP) is 1.15. The van der Waals surface area contributed by atoms with Gasteiger partial charge in [-0.2, -0.15) is 0 Å². The van der Waals surface area contributed by atoms with Crippen molar-refractivity contribution in [1.29, 1.82) is 0 Å². The number of rotatable bonds is 3. The van der Waals surface area contributed by atoms with E-state index in [1.54, 1.807) is 24.3 Å². The quantitative estimate of drug-likeness (QED) is 0.709. The van der Waals surface area contributed by atoms with Crippen molar-refractivity contribution in [3.05, 3.63) is 30.3 Å². The van der Waals surface area contributed by atoms with Gasteiger partial charge in [-0.25, -0.2) is 4.39 Å². The summed E-state index contributed by atoms with van der Waals surface area (Å²) >= 11 is 0. The van der Waals surface area contributed by atoms with Crippen molar-refractivity contribution < 1.29 is 14.2 Å². The van der Waals surface area contributed by atoms with Crippen LogP contribution in [0.4, 0.5) is 4.39 Å². The van der Waals surface area contributed by atoms with E-state index in [1.165, 1.54) is 0 Å². The molecule has 0 saturated carbocycles. The number of benzene rings is 1. The van der Waals surface area contributed by atoms with E-state index in [2.05, 4.69) is 6.07 Å². The summed E-state index contributed by atoms with van der Waals surface area (Å²) in [6.07, 6.45) is -1.93. The van der Waals surface area contributed by atoms with Gasteiger partial charge in [-0.3, -0.25) is 0 Å². The lowest BCUT2D eigenvalue weighted by Crippen LogP contribution is -2.11. The average Bonchev–Trinajstić information content (AvgIpc) is 2.03. The highest BCUT2D eigenvalue weighted by Crippen LogP contribution is 2.07. The van der Waals surface area contributed by atoms with Gasteiger partial charge in [0.25, 0.3) is 0 Å². The number of alkyl halides is 1. The van der Waals surface area contributed by atoms with Crippen molar-refractivity contribution in [2.75, 3.05) is 6.61 Å². The molecule has 0 aliphatic rings. The molecule has 0 saturated heterocycles. The second kappa shape index (κ2) is 3.93. The predicted molar refractivity (Wildman–Crippen MR) is 37.9 cm³/mol. The Balaban J connectivity index is 2.39. The van der Waals surface area contributed by atoms with Gasteiger partial charge in [0.05, 0.1) is 0 Å². The summed E-state index contributed by atoms with van der Waals surface area (Å²) in [6, 6.07) is 9.54. The first kappa shape index (κ1) is 8.01.